The highest BCUT2D eigenvalue weighted by Gasteiger charge is 2.28. The van der Waals surface area contributed by atoms with Crippen molar-refractivity contribution < 1.29 is 4.79 Å². The molecule has 1 amide bonds. The quantitative estimate of drug-likeness (QED) is 0.865. The normalized spacial score (nSPS) is 17.1. The van der Waals surface area contributed by atoms with Crippen LogP contribution in [0.5, 0.6) is 0 Å². The number of rotatable bonds is 3. The third kappa shape index (κ3) is 2.97. The number of amides is 1. The van der Waals surface area contributed by atoms with Crippen LogP contribution in [0.25, 0.3) is 0 Å². The van der Waals surface area contributed by atoms with Crippen LogP contribution in [-0.4, -0.2) is 22.8 Å². The zero-order valence-electron chi connectivity index (χ0n) is 12.3. The van der Waals surface area contributed by atoms with Gasteiger partial charge in [-0.15, -0.1) is 0 Å². The predicted molar refractivity (Wildman–Crippen MR) is 82.8 cm³/mol. The Balaban J connectivity index is 1.77. The highest BCUT2D eigenvalue weighted by atomic mass is 16.2. The second kappa shape index (κ2) is 6.08. The van der Waals surface area contributed by atoms with Crippen LogP contribution >= 0.6 is 0 Å². The second-order valence-electron chi connectivity index (χ2n) is 5.70. The van der Waals surface area contributed by atoms with Gasteiger partial charge >= 0.3 is 0 Å². The third-order valence-electron chi connectivity index (χ3n) is 4.19. The van der Waals surface area contributed by atoms with Crippen molar-refractivity contribution in [3.05, 3.63) is 65.5 Å². The number of pyridine rings is 1. The number of hydrogen-bond donors (Lipinski definition) is 0. The maximum Gasteiger partial charge on any atom is 0.230 e. The molecule has 0 N–H and O–H groups in total. The van der Waals surface area contributed by atoms with Gasteiger partial charge in [0, 0.05) is 26.0 Å². The summed E-state index contributed by atoms with van der Waals surface area (Å²) in [6.07, 6.45) is 6.70. The van der Waals surface area contributed by atoms with Gasteiger partial charge in [-0.05, 0) is 42.0 Å². The van der Waals surface area contributed by atoms with E-state index < -0.39 is 0 Å². The molecule has 108 valence electrons. The van der Waals surface area contributed by atoms with E-state index in [1.807, 2.05) is 36.3 Å². The zero-order valence-corrected chi connectivity index (χ0v) is 12.3. The molecule has 1 aliphatic carbocycles. The molecule has 1 atom stereocenters. The van der Waals surface area contributed by atoms with Gasteiger partial charge in [0.05, 0.1) is 5.92 Å². The van der Waals surface area contributed by atoms with E-state index >= 15 is 0 Å². The first-order chi connectivity index (χ1) is 10.3. The number of hydrogen-bond acceptors (Lipinski definition) is 2. The lowest BCUT2D eigenvalue weighted by Gasteiger charge is -2.28. The minimum atomic E-state index is 0.0108. The van der Waals surface area contributed by atoms with Crippen molar-refractivity contribution >= 4 is 5.91 Å². The van der Waals surface area contributed by atoms with Crippen LogP contribution in [0.4, 0.5) is 0 Å². The molecule has 0 saturated heterocycles. The van der Waals surface area contributed by atoms with Crippen molar-refractivity contribution in [1.29, 1.82) is 0 Å². The minimum absolute atomic E-state index is 0.0108. The van der Waals surface area contributed by atoms with E-state index in [2.05, 4.69) is 23.2 Å². The molecule has 0 aliphatic heterocycles. The molecule has 1 aromatic heterocycles. The molecule has 2 aromatic rings. The van der Waals surface area contributed by atoms with Crippen molar-refractivity contribution in [2.45, 2.75) is 31.7 Å². The number of benzene rings is 1. The summed E-state index contributed by atoms with van der Waals surface area (Å²) in [5, 5.41) is 0. The largest absolute Gasteiger partial charge is 0.341 e. The standard InChI is InChI=1S/C18H20N2O/c1-20(13-14-6-5-11-19-12-14)18(21)17-10-4-8-15-7-2-3-9-16(15)17/h2-3,5-7,9,11-12,17H,4,8,10,13H2,1H3. The molecular weight excluding hydrogens is 260 g/mol. The predicted octanol–water partition coefficient (Wildman–Crippen LogP) is 3.16. The third-order valence-corrected chi connectivity index (χ3v) is 4.19. The number of likely N-dealkylation sites (N-methyl/N-ethyl adjacent to an activating group) is 1. The van der Waals surface area contributed by atoms with Gasteiger partial charge in [0.15, 0.2) is 0 Å². The average molecular weight is 280 g/mol. The topological polar surface area (TPSA) is 33.2 Å². The number of carbonyl (C=O) groups is 1. The van der Waals surface area contributed by atoms with Gasteiger partial charge in [-0.1, -0.05) is 30.3 Å². The van der Waals surface area contributed by atoms with E-state index in [-0.39, 0.29) is 11.8 Å². The fourth-order valence-corrected chi connectivity index (χ4v) is 3.12. The molecule has 1 aliphatic rings. The first kappa shape index (κ1) is 13.8. The number of fused-ring (bicyclic) bond motifs is 1. The number of carbonyl (C=O) groups excluding carboxylic acids is 1. The molecule has 0 radical (unpaired) electrons. The lowest BCUT2D eigenvalue weighted by molar-refractivity contribution is -0.132. The van der Waals surface area contributed by atoms with Crippen LogP contribution < -0.4 is 0 Å². The highest BCUT2D eigenvalue weighted by molar-refractivity contribution is 5.84. The molecule has 1 heterocycles. The van der Waals surface area contributed by atoms with Crippen molar-refractivity contribution in [1.82, 2.24) is 9.88 Å². The van der Waals surface area contributed by atoms with Gasteiger partial charge in [-0.3, -0.25) is 9.78 Å². The summed E-state index contributed by atoms with van der Waals surface area (Å²) in [5.74, 6) is 0.225. The van der Waals surface area contributed by atoms with E-state index in [9.17, 15) is 4.79 Å². The molecular formula is C18H20N2O. The monoisotopic (exact) mass is 280 g/mol. The van der Waals surface area contributed by atoms with Crippen LogP contribution in [-0.2, 0) is 17.8 Å². The highest BCUT2D eigenvalue weighted by Crippen LogP contribution is 2.32. The van der Waals surface area contributed by atoms with Crippen molar-refractivity contribution in [3.63, 3.8) is 0 Å². The summed E-state index contributed by atoms with van der Waals surface area (Å²) in [4.78, 5) is 18.7. The molecule has 1 unspecified atom stereocenters. The van der Waals surface area contributed by atoms with E-state index in [0.717, 1.165) is 24.8 Å². The Morgan fingerprint density at radius 2 is 2.14 bits per heavy atom. The average Bonchev–Trinajstić information content (AvgIpc) is 2.54. The minimum Gasteiger partial charge on any atom is -0.341 e. The molecule has 0 saturated carbocycles. The molecule has 1 aromatic carbocycles. The molecule has 0 spiro atoms. The Morgan fingerprint density at radius 3 is 2.95 bits per heavy atom. The fraction of sp³-hybridized carbons (Fsp3) is 0.333. The Morgan fingerprint density at radius 1 is 1.29 bits per heavy atom. The molecule has 3 rings (SSSR count). The summed E-state index contributed by atoms with van der Waals surface area (Å²) >= 11 is 0. The van der Waals surface area contributed by atoms with Gasteiger partial charge in [0.2, 0.25) is 5.91 Å². The maximum absolute atomic E-state index is 12.8. The Labute approximate surface area is 125 Å². The Hall–Kier alpha value is -2.16. The smallest absolute Gasteiger partial charge is 0.230 e. The first-order valence-corrected chi connectivity index (χ1v) is 7.47. The Kier molecular flexibility index (Phi) is 4.00. The summed E-state index contributed by atoms with van der Waals surface area (Å²) in [6, 6.07) is 12.3. The van der Waals surface area contributed by atoms with Gasteiger partial charge in [-0.25, -0.2) is 0 Å². The molecule has 3 heteroatoms. The van der Waals surface area contributed by atoms with E-state index in [0.29, 0.717) is 6.54 Å². The van der Waals surface area contributed by atoms with Gasteiger partial charge in [0.1, 0.15) is 0 Å². The summed E-state index contributed by atoms with van der Waals surface area (Å²) in [7, 11) is 1.88. The number of aryl methyl sites for hydroxylation is 1. The van der Waals surface area contributed by atoms with Crippen LogP contribution in [0, 0.1) is 0 Å². The lowest BCUT2D eigenvalue weighted by atomic mass is 9.82. The van der Waals surface area contributed by atoms with Crippen molar-refractivity contribution in [2.24, 2.45) is 0 Å². The molecule has 3 nitrogen and oxygen atoms in total. The van der Waals surface area contributed by atoms with E-state index in [4.69, 9.17) is 0 Å². The van der Waals surface area contributed by atoms with Crippen molar-refractivity contribution in [2.75, 3.05) is 7.05 Å². The summed E-state index contributed by atoms with van der Waals surface area (Å²) in [5.41, 5.74) is 3.61. The van der Waals surface area contributed by atoms with Crippen LogP contribution in [0.1, 0.15) is 35.4 Å². The summed E-state index contributed by atoms with van der Waals surface area (Å²) in [6.45, 7) is 0.616. The second-order valence-corrected chi connectivity index (χ2v) is 5.70. The number of aromatic nitrogens is 1. The first-order valence-electron chi connectivity index (χ1n) is 7.47. The lowest BCUT2D eigenvalue weighted by Crippen LogP contribution is -2.33. The zero-order chi connectivity index (χ0) is 14.7. The molecule has 0 bridgehead atoms. The SMILES string of the molecule is CN(Cc1cccnc1)C(=O)C1CCCc2ccccc21. The Bertz CT molecular complexity index is 624. The van der Waals surface area contributed by atoms with E-state index in [1.54, 1.807) is 6.20 Å². The van der Waals surface area contributed by atoms with Crippen LogP contribution in [0.3, 0.4) is 0 Å². The van der Waals surface area contributed by atoms with Crippen molar-refractivity contribution in [3.8, 4) is 0 Å². The number of nitrogens with zero attached hydrogens (tertiary/aromatic N) is 2. The summed E-state index contributed by atoms with van der Waals surface area (Å²) < 4.78 is 0. The van der Waals surface area contributed by atoms with Gasteiger partial charge in [0.25, 0.3) is 0 Å². The molecule has 21 heavy (non-hydrogen) atoms. The van der Waals surface area contributed by atoms with Crippen LogP contribution in [0.2, 0.25) is 0 Å². The maximum atomic E-state index is 12.8. The van der Waals surface area contributed by atoms with Gasteiger partial charge in [-0.2, -0.15) is 0 Å². The fourth-order valence-electron chi connectivity index (χ4n) is 3.12. The van der Waals surface area contributed by atoms with Crippen LogP contribution in [0.15, 0.2) is 48.8 Å². The van der Waals surface area contributed by atoms with E-state index in [1.165, 1.54) is 11.1 Å². The molecule has 0 fully saturated rings. The van der Waals surface area contributed by atoms with Gasteiger partial charge < -0.3 is 4.90 Å².